The number of carboxylic acids is 1. The van der Waals surface area contributed by atoms with Gasteiger partial charge in [-0.1, -0.05) is 22.8 Å². The van der Waals surface area contributed by atoms with Crippen molar-refractivity contribution in [3.8, 4) is 22.9 Å². The van der Waals surface area contributed by atoms with Crippen LogP contribution in [0.15, 0.2) is 47.0 Å². The molecule has 0 saturated carbocycles. The van der Waals surface area contributed by atoms with Crippen molar-refractivity contribution in [3.63, 3.8) is 0 Å². The molecule has 0 N–H and O–H groups in total. The number of carbonyl (C=O) groups is 1. The summed E-state index contributed by atoms with van der Waals surface area (Å²) in [5.74, 6) is -0.801. The quantitative estimate of drug-likeness (QED) is 0.598. The highest BCUT2D eigenvalue weighted by molar-refractivity contribution is 6.50. The van der Waals surface area contributed by atoms with Gasteiger partial charge in [0.15, 0.2) is 11.5 Å². The second-order valence-electron chi connectivity index (χ2n) is 5.49. The summed E-state index contributed by atoms with van der Waals surface area (Å²) in [6.07, 6.45) is 1.56. The lowest BCUT2D eigenvalue weighted by Gasteiger charge is -2.11. The van der Waals surface area contributed by atoms with Crippen molar-refractivity contribution in [2.45, 2.75) is 0 Å². The first-order chi connectivity index (χ1) is 13.5. The molecular formula is C19H13ClFN2O5-. The predicted octanol–water partition coefficient (Wildman–Crippen LogP) is 2.75. The zero-order chi connectivity index (χ0) is 20.1. The van der Waals surface area contributed by atoms with Crippen molar-refractivity contribution >= 4 is 28.7 Å². The SMILES string of the molecule is COc1cc(/C=C(\Cl)c2nc(-c3ccc(F)cc3)no2)ccc1OCC(=O)[O-]. The molecule has 1 heterocycles. The lowest BCUT2D eigenvalue weighted by molar-refractivity contribution is -0.307. The highest BCUT2D eigenvalue weighted by atomic mass is 35.5. The average molecular weight is 404 g/mol. The van der Waals surface area contributed by atoms with Gasteiger partial charge in [0, 0.05) is 5.56 Å². The zero-order valence-corrected chi connectivity index (χ0v) is 15.3. The van der Waals surface area contributed by atoms with Gasteiger partial charge in [-0.2, -0.15) is 4.98 Å². The summed E-state index contributed by atoms with van der Waals surface area (Å²) in [5.41, 5.74) is 1.21. The van der Waals surface area contributed by atoms with Crippen LogP contribution in [0.1, 0.15) is 11.5 Å². The van der Waals surface area contributed by atoms with E-state index in [1.165, 1.54) is 37.4 Å². The summed E-state index contributed by atoms with van der Waals surface area (Å²) in [5, 5.41) is 14.5. The third-order valence-electron chi connectivity index (χ3n) is 3.56. The van der Waals surface area contributed by atoms with E-state index in [0.29, 0.717) is 16.9 Å². The van der Waals surface area contributed by atoms with Crippen LogP contribution in [0.3, 0.4) is 0 Å². The maximum absolute atomic E-state index is 13.0. The molecule has 0 aliphatic carbocycles. The lowest BCUT2D eigenvalue weighted by Crippen LogP contribution is -2.29. The summed E-state index contributed by atoms with van der Waals surface area (Å²) in [6, 6.07) is 10.4. The van der Waals surface area contributed by atoms with E-state index in [1.54, 1.807) is 18.2 Å². The number of ether oxygens (including phenoxy) is 2. The summed E-state index contributed by atoms with van der Waals surface area (Å²) >= 11 is 6.25. The minimum atomic E-state index is -1.34. The number of carboxylic acid groups (broad SMARTS) is 1. The Hall–Kier alpha value is -3.39. The van der Waals surface area contributed by atoms with E-state index >= 15 is 0 Å². The molecule has 0 radical (unpaired) electrons. The number of aliphatic carboxylic acids is 1. The maximum atomic E-state index is 13.0. The normalized spacial score (nSPS) is 11.3. The molecule has 0 saturated heterocycles. The van der Waals surface area contributed by atoms with Crippen LogP contribution in [-0.2, 0) is 4.79 Å². The van der Waals surface area contributed by atoms with Crippen LogP contribution in [0.2, 0.25) is 0 Å². The van der Waals surface area contributed by atoms with Gasteiger partial charge in [-0.15, -0.1) is 0 Å². The molecular weight excluding hydrogens is 391 g/mol. The molecule has 0 atom stereocenters. The fraction of sp³-hybridized carbons (Fsp3) is 0.105. The Morgan fingerprint density at radius 1 is 1.25 bits per heavy atom. The molecule has 3 aromatic rings. The first-order valence-electron chi connectivity index (χ1n) is 7.94. The molecule has 0 unspecified atom stereocenters. The zero-order valence-electron chi connectivity index (χ0n) is 14.5. The van der Waals surface area contributed by atoms with E-state index < -0.39 is 12.6 Å². The second kappa shape index (κ2) is 8.53. The average Bonchev–Trinajstić information content (AvgIpc) is 3.17. The van der Waals surface area contributed by atoms with E-state index in [-0.39, 0.29) is 28.3 Å². The Labute approximate surface area is 164 Å². The molecule has 7 nitrogen and oxygen atoms in total. The third kappa shape index (κ3) is 4.66. The predicted molar refractivity (Wildman–Crippen MR) is 96.9 cm³/mol. The minimum Gasteiger partial charge on any atom is -0.546 e. The monoisotopic (exact) mass is 403 g/mol. The fourth-order valence-electron chi connectivity index (χ4n) is 2.27. The summed E-state index contributed by atoms with van der Waals surface area (Å²) in [6.45, 7) is -0.597. The highest BCUT2D eigenvalue weighted by Crippen LogP contribution is 2.31. The van der Waals surface area contributed by atoms with Gasteiger partial charge < -0.3 is 23.9 Å². The maximum Gasteiger partial charge on any atom is 0.269 e. The van der Waals surface area contributed by atoms with Gasteiger partial charge in [0.25, 0.3) is 5.89 Å². The Morgan fingerprint density at radius 3 is 2.68 bits per heavy atom. The topological polar surface area (TPSA) is 97.5 Å². The number of aromatic nitrogens is 2. The van der Waals surface area contributed by atoms with Crippen LogP contribution in [0, 0.1) is 5.82 Å². The van der Waals surface area contributed by atoms with Gasteiger partial charge in [0.05, 0.1) is 13.1 Å². The Balaban J connectivity index is 1.81. The number of methoxy groups -OCH3 is 1. The molecule has 0 spiro atoms. The third-order valence-corrected chi connectivity index (χ3v) is 3.83. The number of carbonyl (C=O) groups excluding carboxylic acids is 1. The van der Waals surface area contributed by atoms with Crippen LogP contribution in [0.5, 0.6) is 11.5 Å². The van der Waals surface area contributed by atoms with E-state index in [0.717, 1.165) is 0 Å². The van der Waals surface area contributed by atoms with Crippen molar-refractivity contribution in [1.29, 1.82) is 0 Å². The van der Waals surface area contributed by atoms with E-state index in [2.05, 4.69) is 10.1 Å². The molecule has 144 valence electrons. The van der Waals surface area contributed by atoms with Crippen LogP contribution >= 0.6 is 11.6 Å². The number of hydrogen-bond acceptors (Lipinski definition) is 7. The summed E-state index contributed by atoms with van der Waals surface area (Å²) < 4.78 is 28.4. The number of rotatable bonds is 7. The van der Waals surface area contributed by atoms with E-state index in [4.69, 9.17) is 25.6 Å². The molecule has 0 aliphatic heterocycles. The van der Waals surface area contributed by atoms with Crippen molar-refractivity contribution < 1.29 is 28.3 Å². The van der Waals surface area contributed by atoms with Crippen LogP contribution in [0.4, 0.5) is 4.39 Å². The number of nitrogens with zero attached hydrogens (tertiary/aromatic N) is 2. The number of hydrogen-bond donors (Lipinski definition) is 0. The first kappa shape index (κ1) is 19.4. The Morgan fingerprint density at radius 2 is 2.00 bits per heavy atom. The number of halogens is 2. The van der Waals surface area contributed by atoms with Gasteiger partial charge in [-0.25, -0.2) is 4.39 Å². The molecule has 1 aromatic heterocycles. The first-order valence-corrected chi connectivity index (χ1v) is 8.32. The van der Waals surface area contributed by atoms with Crippen molar-refractivity contribution in [1.82, 2.24) is 10.1 Å². The van der Waals surface area contributed by atoms with Crippen LogP contribution < -0.4 is 14.6 Å². The fourth-order valence-corrected chi connectivity index (χ4v) is 2.48. The lowest BCUT2D eigenvalue weighted by atomic mass is 10.2. The van der Waals surface area contributed by atoms with E-state index in [1.807, 2.05) is 0 Å². The largest absolute Gasteiger partial charge is 0.546 e. The van der Waals surface area contributed by atoms with Crippen molar-refractivity contribution in [3.05, 3.63) is 59.7 Å². The molecule has 28 heavy (non-hydrogen) atoms. The van der Waals surface area contributed by atoms with Gasteiger partial charge in [-0.05, 0) is 48.0 Å². The van der Waals surface area contributed by atoms with Crippen LogP contribution in [-0.4, -0.2) is 29.8 Å². The second-order valence-corrected chi connectivity index (χ2v) is 5.90. The van der Waals surface area contributed by atoms with Crippen molar-refractivity contribution in [2.75, 3.05) is 13.7 Å². The van der Waals surface area contributed by atoms with Crippen molar-refractivity contribution in [2.24, 2.45) is 0 Å². The molecule has 0 bridgehead atoms. The molecule has 0 fully saturated rings. The Bertz CT molecular complexity index is 1020. The minimum absolute atomic E-state index is 0.0808. The molecule has 2 aromatic carbocycles. The van der Waals surface area contributed by atoms with Gasteiger partial charge in [0.1, 0.15) is 17.5 Å². The van der Waals surface area contributed by atoms with Crippen LogP contribution in [0.25, 0.3) is 22.5 Å². The molecule has 9 heteroatoms. The summed E-state index contributed by atoms with van der Waals surface area (Å²) in [7, 11) is 1.42. The summed E-state index contributed by atoms with van der Waals surface area (Å²) in [4.78, 5) is 14.7. The highest BCUT2D eigenvalue weighted by Gasteiger charge is 2.12. The Kier molecular flexibility index (Phi) is 5.90. The van der Waals surface area contributed by atoms with Gasteiger partial charge >= 0.3 is 0 Å². The molecule has 0 amide bonds. The molecule has 0 aliphatic rings. The van der Waals surface area contributed by atoms with Gasteiger partial charge in [0.2, 0.25) is 5.82 Å². The number of benzene rings is 2. The standard InChI is InChI=1S/C19H14ClFN2O5/c1-26-16-9-11(2-7-15(16)27-10-17(24)25)8-14(20)19-22-18(23-28-19)12-3-5-13(21)6-4-12/h2-9H,10H2,1H3,(H,24,25)/p-1/b14-8-. The van der Waals surface area contributed by atoms with Gasteiger partial charge in [-0.3, -0.25) is 0 Å². The molecule has 3 rings (SSSR count). The smallest absolute Gasteiger partial charge is 0.269 e. The van der Waals surface area contributed by atoms with E-state index in [9.17, 15) is 14.3 Å².